The smallest absolute Gasteiger partial charge is 0.214 e. The number of rotatable bonds is 0. The van der Waals surface area contributed by atoms with Gasteiger partial charge in [0.25, 0.3) is 0 Å². The summed E-state index contributed by atoms with van der Waals surface area (Å²) in [6.45, 7) is 0. The summed E-state index contributed by atoms with van der Waals surface area (Å²) >= 11 is 0. The molecule has 1 aromatic rings. The van der Waals surface area contributed by atoms with Crippen LogP contribution >= 0.6 is 0 Å². The minimum absolute atomic E-state index is 0.0185. The molecule has 6 heavy (non-hydrogen) atoms. The third-order valence-corrected chi connectivity index (χ3v) is 0.436. The van der Waals surface area contributed by atoms with E-state index in [2.05, 4.69) is 16.3 Å². The Labute approximate surface area is 34.6 Å². The van der Waals surface area contributed by atoms with E-state index in [1.165, 1.54) is 6.20 Å². The Kier molecular flexibility index (Phi) is 0.538. The van der Waals surface area contributed by atoms with E-state index in [0.29, 0.717) is 0 Å². The lowest BCUT2D eigenvalue weighted by Gasteiger charge is -1.68. The fourth-order valence-electron chi connectivity index (χ4n) is 0.219. The van der Waals surface area contributed by atoms with Crippen molar-refractivity contribution in [1.29, 1.82) is 0 Å². The van der Waals surface area contributed by atoms with Crippen molar-refractivity contribution in [2.45, 2.75) is 0 Å². The van der Waals surface area contributed by atoms with Gasteiger partial charge in [0, 0.05) is 0 Å². The predicted molar refractivity (Wildman–Crippen MR) is 19.1 cm³/mol. The van der Waals surface area contributed by atoms with Crippen molar-refractivity contribution in [2.75, 3.05) is 0 Å². The molecule has 0 saturated heterocycles. The summed E-state index contributed by atoms with van der Waals surface area (Å²) < 4.78 is 0. The first-order chi connectivity index (χ1) is 2.89. The number of aromatic hydroxyl groups is 1. The monoisotopic (exact) mass is 83.0 g/mol. The Balaban J connectivity index is 3.05. The first kappa shape index (κ1) is 3.21. The highest BCUT2D eigenvalue weighted by Crippen LogP contribution is 1.92. The average molecular weight is 83.1 g/mol. The quantitative estimate of drug-likeness (QED) is 0.460. The molecule has 0 aliphatic rings. The lowest BCUT2D eigenvalue weighted by molar-refractivity contribution is 0.451. The van der Waals surface area contributed by atoms with Crippen molar-refractivity contribution in [2.24, 2.45) is 0 Å². The van der Waals surface area contributed by atoms with Crippen LogP contribution in [0.5, 0.6) is 5.88 Å². The standard InChI is InChI=1S/C3H3N2O/c6-3-1-2-4-5-3/h2H,(H2,4,5,6). The molecule has 0 aliphatic carbocycles. The SMILES string of the molecule is Oc1[c]cn[nH]1. The third-order valence-electron chi connectivity index (χ3n) is 0.436. The maximum absolute atomic E-state index is 8.30. The Morgan fingerprint density at radius 1 is 2.00 bits per heavy atom. The van der Waals surface area contributed by atoms with E-state index in [1.54, 1.807) is 0 Å². The summed E-state index contributed by atoms with van der Waals surface area (Å²) in [5.41, 5.74) is 0. The summed E-state index contributed by atoms with van der Waals surface area (Å²) in [7, 11) is 0. The van der Waals surface area contributed by atoms with Crippen molar-refractivity contribution < 1.29 is 5.11 Å². The maximum Gasteiger partial charge on any atom is 0.214 e. The minimum Gasteiger partial charge on any atom is -0.493 e. The van der Waals surface area contributed by atoms with Gasteiger partial charge >= 0.3 is 0 Å². The van der Waals surface area contributed by atoms with Gasteiger partial charge in [-0.3, -0.25) is 0 Å². The molecule has 0 saturated carbocycles. The van der Waals surface area contributed by atoms with Crippen molar-refractivity contribution >= 4 is 0 Å². The molecule has 3 heteroatoms. The number of H-pyrrole nitrogens is 1. The summed E-state index contributed by atoms with van der Waals surface area (Å²) in [5, 5.41) is 13.9. The van der Waals surface area contributed by atoms with Crippen molar-refractivity contribution in [3.8, 4) is 5.88 Å². The first-order valence-corrected chi connectivity index (χ1v) is 1.49. The summed E-state index contributed by atoms with van der Waals surface area (Å²) in [6, 6.07) is 2.39. The lowest BCUT2D eigenvalue weighted by Crippen LogP contribution is -1.59. The second-order valence-corrected chi connectivity index (χ2v) is 0.863. The predicted octanol–water partition coefficient (Wildman–Crippen LogP) is -0.0845. The van der Waals surface area contributed by atoms with Gasteiger partial charge in [0.15, 0.2) is 0 Å². The zero-order chi connectivity index (χ0) is 4.41. The van der Waals surface area contributed by atoms with Crippen LogP contribution in [-0.2, 0) is 0 Å². The van der Waals surface area contributed by atoms with Crippen LogP contribution in [0.4, 0.5) is 0 Å². The van der Waals surface area contributed by atoms with Crippen molar-refractivity contribution in [3.63, 3.8) is 0 Å². The van der Waals surface area contributed by atoms with Crippen LogP contribution in [0, 0.1) is 6.07 Å². The molecule has 2 N–H and O–H groups in total. The molecular formula is C3H3N2O. The van der Waals surface area contributed by atoms with E-state index < -0.39 is 0 Å². The minimum atomic E-state index is -0.0185. The molecule has 1 aromatic heterocycles. The van der Waals surface area contributed by atoms with Crippen LogP contribution in [0.25, 0.3) is 0 Å². The molecule has 1 rings (SSSR count). The molecule has 1 radical (unpaired) electrons. The highest BCUT2D eigenvalue weighted by atomic mass is 16.3. The van der Waals surface area contributed by atoms with Crippen LogP contribution < -0.4 is 0 Å². The van der Waals surface area contributed by atoms with E-state index >= 15 is 0 Å². The van der Waals surface area contributed by atoms with E-state index in [0.717, 1.165) is 0 Å². The van der Waals surface area contributed by atoms with Gasteiger partial charge < -0.3 is 5.11 Å². The highest BCUT2D eigenvalue weighted by Gasteiger charge is 1.78. The lowest BCUT2D eigenvalue weighted by atomic mass is 10.7. The summed E-state index contributed by atoms with van der Waals surface area (Å²) in [5.74, 6) is -0.0185. The van der Waals surface area contributed by atoms with Gasteiger partial charge in [0.2, 0.25) is 5.88 Å². The number of aromatic amines is 1. The third kappa shape index (κ3) is 0.337. The molecule has 1 heterocycles. The van der Waals surface area contributed by atoms with Crippen molar-refractivity contribution in [3.05, 3.63) is 12.3 Å². The van der Waals surface area contributed by atoms with Crippen molar-refractivity contribution in [1.82, 2.24) is 10.2 Å². The Hall–Kier alpha value is -0.990. The second kappa shape index (κ2) is 1.01. The highest BCUT2D eigenvalue weighted by molar-refractivity contribution is 4.97. The van der Waals surface area contributed by atoms with E-state index in [-0.39, 0.29) is 5.88 Å². The molecule has 0 bridgehead atoms. The number of nitrogens with zero attached hydrogens (tertiary/aromatic N) is 1. The van der Waals surface area contributed by atoms with Crippen LogP contribution in [0.3, 0.4) is 0 Å². The molecule has 3 nitrogen and oxygen atoms in total. The molecule has 31 valence electrons. The summed E-state index contributed by atoms with van der Waals surface area (Å²) in [6.07, 6.45) is 1.36. The fourth-order valence-corrected chi connectivity index (χ4v) is 0.219. The topological polar surface area (TPSA) is 48.9 Å². The molecule has 0 aliphatic heterocycles. The molecular weight excluding hydrogens is 80.0 g/mol. The van der Waals surface area contributed by atoms with E-state index in [1.807, 2.05) is 0 Å². The number of aromatic nitrogens is 2. The zero-order valence-corrected chi connectivity index (χ0v) is 2.97. The Morgan fingerprint density at radius 2 is 2.83 bits per heavy atom. The fraction of sp³-hybridized carbons (Fsp3) is 0. The Bertz CT molecular complexity index is 112. The van der Waals surface area contributed by atoms with Gasteiger partial charge in [-0.25, -0.2) is 5.10 Å². The van der Waals surface area contributed by atoms with Gasteiger partial charge in [0.1, 0.15) is 0 Å². The van der Waals surface area contributed by atoms with Gasteiger partial charge in [-0.2, -0.15) is 5.10 Å². The van der Waals surface area contributed by atoms with E-state index in [4.69, 9.17) is 5.11 Å². The average Bonchev–Trinajstić information content (AvgIpc) is 1.86. The van der Waals surface area contributed by atoms with Crippen LogP contribution in [0.2, 0.25) is 0 Å². The molecule has 0 amide bonds. The van der Waals surface area contributed by atoms with Crippen LogP contribution in [-0.4, -0.2) is 15.3 Å². The van der Waals surface area contributed by atoms with Gasteiger partial charge in [-0.05, 0) is 0 Å². The van der Waals surface area contributed by atoms with Gasteiger partial charge in [-0.15, -0.1) is 0 Å². The van der Waals surface area contributed by atoms with Crippen LogP contribution in [0.1, 0.15) is 0 Å². The van der Waals surface area contributed by atoms with Gasteiger partial charge in [-0.1, -0.05) is 0 Å². The Morgan fingerprint density at radius 3 is 3.00 bits per heavy atom. The zero-order valence-electron chi connectivity index (χ0n) is 2.97. The second-order valence-electron chi connectivity index (χ2n) is 0.863. The number of nitrogens with one attached hydrogen (secondary N) is 1. The van der Waals surface area contributed by atoms with E-state index in [9.17, 15) is 0 Å². The molecule has 0 unspecified atom stereocenters. The molecule has 0 aromatic carbocycles. The van der Waals surface area contributed by atoms with Gasteiger partial charge in [0.05, 0.1) is 12.3 Å². The number of hydrogen-bond donors (Lipinski definition) is 2. The van der Waals surface area contributed by atoms with Crippen LogP contribution in [0.15, 0.2) is 6.20 Å². The molecule has 0 atom stereocenters. The maximum atomic E-state index is 8.30. The molecule has 0 fully saturated rings. The largest absolute Gasteiger partial charge is 0.493 e. The summed E-state index contributed by atoms with van der Waals surface area (Å²) in [4.78, 5) is 0. The molecule has 0 spiro atoms. The normalized spacial score (nSPS) is 8.67. The first-order valence-electron chi connectivity index (χ1n) is 1.49. The number of hydrogen-bond acceptors (Lipinski definition) is 2.